The average Bonchev–Trinajstić information content (AvgIpc) is 3.05. The van der Waals surface area contributed by atoms with Crippen LogP contribution in [0.3, 0.4) is 0 Å². The van der Waals surface area contributed by atoms with Gasteiger partial charge in [-0.3, -0.25) is 10.7 Å². The molecule has 0 amide bonds. The fraction of sp³-hybridized carbons (Fsp3) is 0.222. The van der Waals surface area contributed by atoms with Crippen LogP contribution in [-0.4, -0.2) is 53.1 Å². The molecule has 3 aromatic rings. The monoisotopic (exact) mass is 434 g/mol. The third-order valence-electron chi connectivity index (χ3n) is 3.86. The highest BCUT2D eigenvalue weighted by molar-refractivity contribution is 9.10. The van der Waals surface area contributed by atoms with Crippen molar-refractivity contribution in [1.82, 2.24) is 20.3 Å². The lowest BCUT2D eigenvalue weighted by Gasteiger charge is -2.09. The molecule has 0 saturated heterocycles. The third-order valence-corrected chi connectivity index (χ3v) is 4.35. The average molecular weight is 435 g/mol. The van der Waals surface area contributed by atoms with Gasteiger partial charge in [-0.25, -0.2) is 14.4 Å². The lowest BCUT2D eigenvalue weighted by Crippen LogP contribution is -2.21. The van der Waals surface area contributed by atoms with Crippen LogP contribution >= 0.6 is 15.9 Å². The van der Waals surface area contributed by atoms with Crippen molar-refractivity contribution in [2.24, 2.45) is 4.99 Å². The Morgan fingerprint density at radius 1 is 1.33 bits per heavy atom. The number of hydroxylamine groups is 1. The number of aliphatic imine (C=N–C) groups is 1. The predicted octanol–water partition coefficient (Wildman–Crippen LogP) is 3.50. The molecule has 0 aliphatic heterocycles. The van der Waals surface area contributed by atoms with Crippen molar-refractivity contribution in [3.05, 3.63) is 52.3 Å². The number of anilines is 1. The van der Waals surface area contributed by atoms with Crippen LogP contribution in [-0.2, 0) is 0 Å². The van der Waals surface area contributed by atoms with Gasteiger partial charge in [0.05, 0.1) is 11.2 Å². The number of amidine groups is 1. The molecule has 7 nitrogen and oxygen atoms in total. The number of nitrogens with zero attached hydrogens (tertiary/aromatic N) is 3. The van der Waals surface area contributed by atoms with Crippen molar-refractivity contribution in [3.8, 4) is 0 Å². The summed E-state index contributed by atoms with van der Waals surface area (Å²) in [5, 5.41) is 12.7. The van der Waals surface area contributed by atoms with Crippen LogP contribution < -0.4 is 10.8 Å². The summed E-state index contributed by atoms with van der Waals surface area (Å²) in [5.41, 5.74) is 3.85. The van der Waals surface area contributed by atoms with Crippen molar-refractivity contribution >= 4 is 44.4 Å². The fourth-order valence-electron chi connectivity index (χ4n) is 2.56. The van der Waals surface area contributed by atoms with Gasteiger partial charge in [-0.15, -0.1) is 0 Å². The number of halogens is 2. The number of aromatic amines is 1. The van der Waals surface area contributed by atoms with E-state index in [9.17, 15) is 9.60 Å². The minimum absolute atomic E-state index is 0.178. The van der Waals surface area contributed by atoms with Crippen LogP contribution in [0.1, 0.15) is 5.56 Å². The first kappa shape index (κ1) is 19.3. The normalized spacial score (nSPS) is 12.0. The number of hydrogen-bond acceptors (Lipinski definition) is 5. The van der Waals surface area contributed by atoms with Crippen LogP contribution in [0.25, 0.3) is 11.0 Å². The predicted molar refractivity (Wildman–Crippen MR) is 108 cm³/mol. The van der Waals surface area contributed by atoms with Gasteiger partial charge in [-0.2, -0.15) is 0 Å². The Morgan fingerprint density at radius 2 is 2.15 bits per heavy atom. The van der Waals surface area contributed by atoms with Crippen molar-refractivity contribution in [1.29, 1.82) is 0 Å². The summed E-state index contributed by atoms with van der Waals surface area (Å²) < 4.78 is 15.1. The van der Waals surface area contributed by atoms with E-state index in [2.05, 4.69) is 41.7 Å². The summed E-state index contributed by atoms with van der Waals surface area (Å²) in [7, 11) is 3.94. The molecule has 0 aliphatic rings. The molecular formula is C18H20BrFN6O. The van der Waals surface area contributed by atoms with E-state index < -0.39 is 5.82 Å². The number of likely N-dealkylation sites (N-methyl/N-ethyl adjacent to an activating group) is 1. The molecule has 27 heavy (non-hydrogen) atoms. The number of H-pyrrole nitrogens is 1. The van der Waals surface area contributed by atoms with E-state index in [0.29, 0.717) is 29.3 Å². The smallest absolute Gasteiger partial charge is 0.201 e. The van der Waals surface area contributed by atoms with Crippen molar-refractivity contribution in [3.63, 3.8) is 0 Å². The Balaban J connectivity index is 1.99. The Hall–Kier alpha value is -2.49. The number of nitrogens with one attached hydrogen (secondary N) is 3. The summed E-state index contributed by atoms with van der Waals surface area (Å²) in [6.07, 6.45) is 0. The van der Waals surface area contributed by atoms with Gasteiger partial charge >= 0.3 is 0 Å². The first-order valence-electron chi connectivity index (χ1n) is 8.29. The Labute approximate surface area is 164 Å². The van der Waals surface area contributed by atoms with E-state index in [1.807, 2.05) is 31.1 Å². The number of rotatable bonds is 6. The number of imidazole rings is 1. The van der Waals surface area contributed by atoms with Gasteiger partial charge in [0.15, 0.2) is 11.7 Å². The minimum Gasteiger partial charge on any atom is -0.355 e. The van der Waals surface area contributed by atoms with Crippen LogP contribution in [0.4, 0.5) is 16.0 Å². The lowest BCUT2D eigenvalue weighted by molar-refractivity contribution is 0.235. The maximum atomic E-state index is 14.2. The number of hydrogen-bond donors (Lipinski definition) is 4. The number of benzene rings is 2. The Kier molecular flexibility index (Phi) is 6.04. The quantitative estimate of drug-likeness (QED) is 0.271. The molecule has 0 saturated carbocycles. The first-order chi connectivity index (χ1) is 13.0. The molecular weight excluding hydrogens is 415 g/mol. The van der Waals surface area contributed by atoms with Crippen LogP contribution in [0.5, 0.6) is 0 Å². The summed E-state index contributed by atoms with van der Waals surface area (Å²) in [4.78, 5) is 13.8. The van der Waals surface area contributed by atoms with E-state index in [1.54, 1.807) is 18.2 Å². The zero-order valence-corrected chi connectivity index (χ0v) is 16.5. The van der Waals surface area contributed by atoms with Gasteiger partial charge < -0.3 is 15.2 Å². The van der Waals surface area contributed by atoms with Gasteiger partial charge in [0, 0.05) is 23.1 Å². The molecule has 0 spiro atoms. The highest BCUT2D eigenvalue weighted by Gasteiger charge is 2.15. The van der Waals surface area contributed by atoms with Crippen LogP contribution in [0, 0.1) is 5.82 Å². The number of fused-ring (bicyclic) bond motifs is 1. The molecule has 9 heteroatoms. The van der Waals surface area contributed by atoms with E-state index in [1.165, 1.54) is 6.07 Å². The largest absolute Gasteiger partial charge is 0.355 e. The standard InChI is InChI=1S/C18H20BrFN6O/c1-26(2)9-8-21-18-23-15-13(6-7-14(20)16(15)24-18)17(25-27)22-12-5-3-4-11(19)10-12/h3-7,10,27H,8-9H2,1-2H3,(H,22,25)(H2,21,23,24). The fourth-order valence-corrected chi connectivity index (χ4v) is 2.95. The van der Waals surface area contributed by atoms with Gasteiger partial charge in [-0.05, 0) is 44.4 Å². The van der Waals surface area contributed by atoms with Crippen molar-refractivity contribution in [2.75, 3.05) is 32.5 Å². The van der Waals surface area contributed by atoms with E-state index in [4.69, 9.17) is 0 Å². The molecule has 1 aromatic heterocycles. The topological polar surface area (TPSA) is 88.6 Å². The lowest BCUT2D eigenvalue weighted by atomic mass is 10.1. The second-order valence-electron chi connectivity index (χ2n) is 6.19. The molecule has 4 N–H and O–H groups in total. The Morgan fingerprint density at radius 3 is 2.85 bits per heavy atom. The molecule has 0 bridgehead atoms. The molecule has 0 atom stereocenters. The van der Waals surface area contributed by atoms with E-state index >= 15 is 0 Å². The molecule has 142 valence electrons. The zero-order chi connectivity index (χ0) is 19.4. The SMILES string of the molecule is CN(C)CCNc1nc2c(F)ccc(C(=Nc3cccc(Br)c3)NO)c2[nH]1. The molecule has 0 radical (unpaired) electrons. The first-order valence-corrected chi connectivity index (χ1v) is 9.09. The second kappa shape index (κ2) is 8.47. The maximum absolute atomic E-state index is 14.2. The van der Waals surface area contributed by atoms with Gasteiger partial charge in [0.1, 0.15) is 5.52 Å². The van der Waals surface area contributed by atoms with Crippen LogP contribution in [0.2, 0.25) is 0 Å². The Bertz CT molecular complexity index is 972. The summed E-state index contributed by atoms with van der Waals surface area (Å²) >= 11 is 3.39. The van der Waals surface area contributed by atoms with E-state index in [0.717, 1.165) is 11.0 Å². The maximum Gasteiger partial charge on any atom is 0.201 e. The number of aromatic nitrogens is 2. The highest BCUT2D eigenvalue weighted by atomic mass is 79.9. The third kappa shape index (κ3) is 4.62. The zero-order valence-electron chi connectivity index (χ0n) is 14.9. The van der Waals surface area contributed by atoms with Crippen molar-refractivity contribution in [2.45, 2.75) is 0 Å². The summed E-state index contributed by atoms with van der Waals surface area (Å²) in [5.74, 6) is 0.185. The summed E-state index contributed by atoms with van der Waals surface area (Å²) in [6, 6.07) is 10.2. The molecule has 1 heterocycles. The molecule has 2 aromatic carbocycles. The molecule has 0 unspecified atom stereocenters. The minimum atomic E-state index is -0.453. The molecule has 3 rings (SSSR count). The van der Waals surface area contributed by atoms with Crippen LogP contribution in [0.15, 0.2) is 45.9 Å². The highest BCUT2D eigenvalue weighted by Crippen LogP contribution is 2.24. The van der Waals surface area contributed by atoms with E-state index in [-0.39, 0.29) is 11.4 Å². The molecule has 0 aliphatic carbocycles. The summed E-state index contributed by atoms with van der Waals surface area (Å²) in [6.45, 7) is 1.46. The second-order valence-corrected chi connectivity index (χ2v) is 7.10. The van der Waals surface area contributed by atoms with Gasteiger partial charge in [0.2, 0.25) is 5.95 Å². The van der Waals surface area contributed by atoms with Gasteiger partial charge in [0.25, 0.3) is 0 Å². The van der Waals surface area contributed by atoms with Crippen molar-refractivity contribution < 1.29 is 9.60 Å². The molecule has 0 fully saturated rings. The van der Waals surface area contributed by atoms with Gasteiger partial charge in [-0.1, -0.05) is 22.0 Å².